The van der Waals surface area contributed by atoms with Crippen molar-refractivity contribution in [2.75, 3.05) is 26.3 Å². The third kappa shape index (κ3) is 3.03. The molecule has 0 aromatic heterocycles. The van der Waals surface area contributed by atoms with E-state index >= 15 is 0 Å². The van der Waals surface area contributed by atoms with E-state index in [1.807, 2.05) is 0 Å². The van der Waals surface area contributed by atoms with E-state index in [4.69, 9.17) is 26.2 Å². The van der Waals surface area contributed by atoms with Crippen LogP contribution >= 0.6 is 11.6 Å². The van der Waals surface area contributed by atoms with Crippen LogP contribution in [0.2, 0.25) is 5.02 Å². The molecule has 118 valence electrons. The van der Waals surface area contributed by atoms with Crippen molar-refractivity contribution in [3.05, 3.63) is 28.8 Å². The molecule has 0 aliphatic carbocycles. The molecule has 6 nitrogen and oxygen atoms in total. The van der Waals surface area contributed by atoms with Gasteiger partial charge in [-0.1, -0.05) is 11.6 Å². The van der Waals surface area contributed by atoms with Gasteiger partial charge in [0.05, 0.1) is 19.1 Å². The molecule has 0 saturated carbocycles. The normalized spacial score (nSPS) is 24.3. The number of nitrogens with zero attached hydrogens (tertiary/aromatic N) is 1. The molecule has 2 atom stereocenters. The van der Waals surface area contributed by atoms with Gasteiger partial charge >= 0.3 is 5.97 Å². The first-order valence-corrected chi connectivity index (χ1v) is 7.47. The summed E-state index contributed by atoms with van der Waals surface area (Å²) in [4.78, 5) is 25.1. The standard InChI is InChI=1S/C15H16ClNO5/c16-11-1-2-12-9(6-11)5-10(8-22-12)14(18)17-3-4-21-13(7-17)15(19)20/h1-2,6,10,13H,3-5,7-8H2,(H,19,20)/t10-,13+/m0/s1. The van der Waals surface area contributed by atoms with Gasteiger partial charge in [0.1, 0.15) is 12.4 Å². The highest BCUT2D eigenvalue weighted by Crippen LogP contribution is 2.30. The number of amides is 1. The molecule has 7 heteroatoms. The van der Waals surface area contributed by atoms with Gasteiger partial charge in [-0.15, -0.1) is 0 Å². The average Bonchev–Trinajstić information content (AvgIpc) is 2.53. The Balaban J connectivity index is 1.69. The summed E-state index contributed by atoms with van der Waals surface area (Å²) in [5, 5.41) is 9.61. The summed E-state index contributed by atoms with van der Waals surface area (Å²) in [5.74, 6) is -0.716. The number of hydrogen-bond acceptors (Lipinski definition) is 4. The maximum absolute atomic E-state index is 12.6. The van der Waals surface area contributed by atoms with Gasteiger partial charge in [-0.2, -0.15) is 0 Å². The fraction of sp³-hybridized carbons (Fsp3) is 0.467. The van der Waals surface area contributed by atoms with E-state index in [9.17, 15) is 9.59 Å². The van der Waals surface area contributed by atoms with E-state index in [-0.39, 0.29) is 25.0 Å². The van der Waals surface area contributed by atoms with Crippen LogP contribution in [0.4, 0.5) is 0 Å². The summed E-state index contributed by atoms with van der Waals surface area (Å²) in [6.45, 7) is 1.01. The molecular weight excluding hydrogens is 310 g/mol. The SMILES string of the molecule is O=C(O)[C@H]1CN(C(=O)[C@@H]2COc3ccc(Cl)cc3C2)CCO1. The van der Waals surface area contributed by atoms with Crippen molar-refractivity contribution in [3.8, 4) is 5.75 Å². The van der Waals surface area contributed by atoms with E-state index in [0.717, 1.165) is 11.3 Å². The minimum Gasteiger partial charge on any atom is -0.492 e. The number of fused-ring (bicyclic) bond motifs is 1. The van der Waals surface area contributed by atoms with Gasteiger partial charge < -0.3 is 19.5 Å². The maximum Gasteiger partial charge on any atom is 0.334 e. The summed E-state index contributed by atoms with van der Waals surface area (Å²) in [7, 11) is 0. The highest BCUT2D eigenvalue weighted by Gasteiger charge is 2.34. The summed E-state index contributed by atoms with van der Waals surface area (Å²) < 4.78 is 10.8. The van der Waals surface area contributed by atoms with E-state index < -0.39 is 12.1 Å². The molecule has 1 fully saturated rings. The summed E-state index contributed by atoms with van der Waals surface area (Å²) in [6.07, 6.45) is -0.409. The molecule has 1 aromatic carbocycles. The smallest absolute Gasteiger partial charge is 0.334 e. The molecule has 2 heterocycles. The Bertz CT molecular complexity index is 606. The van der Waals surface area contributed by atoms with Gasteiger partial charge in [0.2, 0.25) is 5.91 Å². The number of benzene rings is 1. The van der Waals surface area contributed by atoms with Crippen molar-refractivity contribution in [3.63, 3.8) is 0 Å². The van der Waals surface area contributed by atoms with Crippen molar-refractivity contribution in [1.29, 1.82) is 0 Å². The molecule has 1 saturated heterocycles. The molecule has 2 aliphatic heterocycles. The van der Waals surface area contributed by atoms with Crippen LogP contribution in [0.5, 0.6) is 5.75 Å². The summed E-state index contributed by atoms with van der Waals surface area (Å²) in [5.41, 5.74) is 0.903. The van der Waals surface area contributed by atoms with E-state index in [2.05, 4.69) is 0 Å². The average molecular weight is 326 g/mol. The zero-order chi connectivity index (χ0) is 15.7. The van der Waals surface area contributed by atoms with Crippen molar-refractivity contribution in [2.24, 2.45) is 5.92 Å². The van der Waals surface area contributed by atoms with Crippen molar-refractivity contribution in [1.82, 2.24) is 4.90 Å². The van der Waals surface area contributed by atoms with Crippen LogP contribution in [-0.2, 0) is 20.7 Å². The molecule has 0 radical (unpaired) electrons. The third-order valence-electron chi connectivity index (χ3n) is 3.93. The molecule has 2 aliphatic rings. The van der Waals surface area contributed by atoms with Gasteiger partial charge in [-0.05, 0) is 30.2 Å². The Morgan fingerprint density at radius 2 is 2.18 bits per heavy atom. The first kappa shape index (κ1) is 15.1. The lowest BCUT2D eigenvalue weighted by atomic mass is 9.95. The first-order chi connectivity index (χ1) is 10.5. The number of carbonyl (C=O) groups is 2. The number of halogens is 1. The number of carboxylic acids is 1. The van der Waals surface area contributed by atoms with Crippen LogP contribution in [0.3, 0.4) is 0 Å². The Morgan fingerprint density at radius 3 is 2.95 bits per heavy atom. The number of hydrogen-bond donors (Lipinski definition) is 1. The van der Waals surface area contributed by atoms with Gasteiger partial charge in [0, 0.05) is 11.6 Å². The molecule has 0 unspecified atom stereocenters. The van der Waals surface area contributed by atoms with E-state index in [0.29, 0.717) is 24.6 Å². The Hall–Kier alpha value is -1.79. The van der Waals surface area contributed by atoms with Gasteiger partial charge in [-0.3, -0.25) is 4.79 Å². The summed E-state index contributed by atoms with van der Waals surface area (Å²) in [6, 6.07) is 5.35. The van der Waals surface area contributed by atoms with Gasteiger partial charge in [0.15, 0.2) is 6.10 Å². The molecule has 0 spiro atoms. The monoisotopic (exact) mass is 325 g/mol. The minimum absolute atomic E-state index is 0.0765. The van der Waals surface area contributed by atoms with Crippen LogP contribution in [0.15, 0.2) is 18.2 Å². The van der Waals surface area contributed by atoms with Gasteiger partial charge in [-0.25, -0.2) is 4.79 Å². The number of rotatable bonds is 2. The quantitative estimate of drug-likeness (QED) is 0.884. The zero-order valence-electron chi connectivity index (χ0n) is 11.8. The second-order valence-electron chi connectivity index (χ2n) is 5.45. The van der Waals surface area contributed by atoms with Crippen molar-refractivity contribution >= 4 is 23.5 Å². The Labute approximate surface area is 132 Å². The van der Waals surface area contributed by atoms with Crippen molar-refractivity contribution in [2.45, 2.75) is 12.5 Å². The molecule has 0 bridgehead atoms. The Kier molecular flexibility index (Phi) is 4.22. The number of ether oxygens (including phenoxy) is 2. The molecular formula is C15H16ClNO5. The number of carboxylic acid groups (broad SMARTS) is 1. The maximum atomic E-state index is 12.6. The number of morpholine rings is 1. The second-order valence-corrected chi connectivity index (χ2v) is 5.88. The Morgan fingerprint density at radius 1 is 1.36 bits per heavy atom. The predicted octanol–water partition coefficient (Wildman–Crippen LogP) is 1.20. The third-order valence-corrected chi connectivity index (χ3v) is 4.17. The molecule has 22 heavy (non-hydrogen) atoms. The summed E-state index contributed by atoms with van der Waals surface area (Å²) >= 11 is 5.97. The van der Waals surface area contributed by atoms with Crippen LogP contribution < -0.4 is 4.74 Å². The molecule has 1 aromatic rings. The predicted molar refractivity (Wildman–Crippen MR) is 78.1 cm³/mol. The largest absolute Gasteiger partial charge is 0.492 e. The fourth-order valence-electron chi connectivity index (χ4n) is 2.78. The van der Waals surface area contributed by atoms with E-state index in [1.54, 1.807) is 23.1 Å². The number of carbonyl (C=O) groups excluding carboxylic acids is 1. The zero-order valence-corrected chi connectivity index (χ0v) is 12.6. The number of aliphatic carboxylic acids is 1. The van der Waals surface area contributed by atoms with Crippen LogP contribution in [0.25, 0.3) is 0 Å². The fourth-order valence-corrected chi connectivity index (χ4v) is 2.97. The highest BCUT2D eigenvalue weighted by molar-refractivity contribution is 6.30. The molecule has 1 amide bonds. The minimum atomic E-state index is -1.05. The highest BCUT2D eigenvalue weighted by atomic mass is 35.5. The van der Waals surface area contributed by atoms with E-state index in [1.165, 1.54) is 0 Å². The molecule has 1 N–H and O–H groups in total. The lowest BCUT2D eigenvalue weighted by molar-refractivity contribution is -0.160. The van der Waals surface area contributed by atoms with Crippen LogP contribution in [-0.4, -0.2) is 54.3 Å². The topological polar surface area (TPSA) is 76.1 Å². The van der Waals surface area contributed by atoms with Gasteiger partial charge in [0.25, 0.3) is 0 Å². The van der Waals surface area contributed by atoms with Crippen molar-refractivity contribution < 1.29 is 24.2 Å². The van der Waals surface area contributed by atoms with Crippen LogP contribution in [0, 0.1) is 5.92 Å². The van der Waals surface area contributed by atoms with Crippen LogP contribution in [0.1, 0.15) is 5.56 Å². The molecule has 3 rings (SSSR count). The lowest BCUT2D eigenvalue weighted by Crippen LogP contribution is -2.51. The second kappa shape index (κ2) is 6.14. The first-order valence-electron chi connectivity index (χ1n) is 7.09. The lowest BCUT2D eigenvalue weighted by Gasteiger charge is -2.34.